The van der Waals surface area contributed by atoms with Crippen molar-refractivity contribution < 1.29 is 67.7 Å². The van der Waals surface area contributed by atoms with E-state index in [0.717, 1.165) is 21.9 Å². The van der Waals surface area contributed by atoms with Crippen LogP contribution in [0.2, 0.25) is 0 Å². The normalized spacial score (nSPS) is 13.5. The number of carboxylic acid groups (broad SMARTS) is 1. The number of hydrogen-bond donors (Lipinski definition) is 8. The maximum atomic E-state index is 14.1. The van der Waals surface area contributed by atoms with Gasteiger partial charge in [0.25, 0.3) is 35.0 Å². The molecular formula is C50H56N12O16. The lowest BCUT2D eigenvalue weighted by molar-refractivity contribution is -0.384. The van der Waals surface area contributed by atoms with E-state index in [2.05, 4.69) is 31.9 Å². The molecule has 9 N–H and O–H groups in total. The average molecular weight is 1080 g/mol. The predicted molar refractivity (Wildman–Crippen MR) is 274 cm³/mol. The SMILES string of the molecule is CC(C)C(NC(=O)CNC(=O)CCC(=O)O)C(=O)N[C@@H](CCCNC(N)=O)C(=O)NCC(=O)N(CCCNCCN1C(=O)c2cccc3cc([N+](=O)[O-])cc(c23)C1=O)CCN1C(=O)c2cccc3cc([N+](=O)[O-])cc(c23)C1=O. The van der Waals surface area contributed by atoms with Gasteiger partial charge in [0.1, 0.15) is 12.1 Å². The highest BCUT2D eigenvalue weighted by Gasteiger charge is 2.37. The monoisotopic (exact) mass is 1080 g/mol. The molecule has 1 unspecified atom stereocenters. The summed E-state index contributed by atoms with van der Waals surface area (Å²) < 4.78 is 0. The van der Waals surface area contributed by atoms with Crippen LogP contribution in [0.3, 0.4) is 0 Å². The number of nitro groups is 2. The number of nitro benzene ring substituents is 2. The zero-order valence-corrected chi connectivity index (χ0v) is 42.3. The molecule has 11 amide bonds. The number of nitrogens with zero attached hydrogens (tertiary/aromatic N) is 5. The first-order valence-corrected chi connectivity index (χ1v) is 24.6. The van der Waals surface area contributed by atoms with Crippen molar-refractivity contribution >= 4 is 98.1 Å². The zero-order chi connectivity index (χ0) is 57.0. The van der Waals surface area contributed by atoms with Crippen molar-refractivity contribution in [3.8, 4) is 0 Å². The molecule has 412 valence electrons. The summed E-state index contributed by atoms with van der Waals surface area (Å²) in [5.74, 6) is -8.69. The fraction of sp³-hybridized carbons (Fsp3) is 0.380. The number of non-ortho nitro benzene ring substituents is 2. The number of carbonyl (C=O) groups is 11. The third kappa shape index (κ3) is 14.1. The fourth-order valence-electron chi connectivity index (χ4n) is 8.89. The van der Waals surface area contributed by atoms with Crippen LogP contribution >= 0.6 is 0 Å². The number of benzene rings is 4. The van der Waals surface area contributed by atoms with Crippen LogP contribution in [-0.4, -0.2) is 166 Å². The van der Waals surface area contributed by atoms with Crippen molar-refractivity contribution in [1.82, 2.24) is 46.6 Å². The molecule has 6 rings (SSSR count). The molecule has 28 heteroatoms. The Morgan fingerprint density at radius 2 is 1.21 bits per heavy atom. The van der Waals surface area contributed by atoms with Gasteiger partial charge in [-0.3, -0.25) is 78.0 Å². The van der Waals surface area contributed by atoms with E-state index in [1.54, 1.807) is 26.0 Å². The second kappa shape index (κ2) is 25.9. The fourth-order valence-corrected chi connectivity index (χ4v) is 8.89. The van der Waals surface area contributed by atoms with Gasteiger partial charge in [0, 0.05) is 91.9 Å². The number of carbonyl (C=O) groups excluding carboxylic acids is 10. The van der Waals surface area contributed by atoms with Gasteiger partial charge in [-0.15, -0.1) is 0 Å². The Kier molecular flexibility index (Phi) is 19.2. The van der Waals surface area contributed by atoms with Crippen molar-refractivity contribution in [3.63, 3.8) is 0 Å². The first-order chi connectivity index (χ1) is 37.1. The molecule has 0 radical (unpaired) electrons. The molecule has 4 aromatic carbocycles. The first-order valence-electron chi connectivity index (χ1n) is 24.6. The molecule has 0 bridgehead atoms. The van der Waals surface area contributed by atoms with Crippen LogP contribution in [-0.2, 0) is 28.8 Å². The Bertz CT molecular complexity index is 3130. The third-order valence-electron chi connectivity index (χ3n) is 12.8. The average Bonchev–Trinajstić information content (AvgIpc) is 3.55. The number of primary amides is 1. The Labute approximate surface area is 443 Å². The Morgan fingerprint density at radius 3 is 1.74 bits per heavy atom. The van der Waals surface area contributed by atoms with E-state index < -0.39 is 131 Å². The second-order valence-corrected chi connectivity index (χ2v) is 18.5. The maximum absolute atomic E-state index is 14.1. The van der Waals surface area contributed by atoms with E-state index in [1.807, 2.05) is 0 Å². The molecule has 0 aliphatic carbocycles. The van der Waals surface area contributed by atoms with Gasteiger partial charge in [-0.1, -0.05) is 38.1 Å². The van der Waals surface area contributed by atoms with Crippen LogP contribution in [0.5, 0.6) is 0 Å². The smallest absolute Gasteiger partial charge is 0.312 e. The number of carboxylic acids is 1. The van der Waals surface area contributed by atoms with E-state index in [4.69, 9.17) is 10.8 Å². The van der Waals surface area contributed by atoms with Gasteiger partial charge in [-0.05, 0) is 54.6 Å². The summed E-state index contributed by atoms with van der Waals surface area (Å²) in [6.07, 6.45) is -0.736. The number of urea groups is 1. The molecule has 2 aliphatic heterocycles. The Morgan fingerprint density at radius 1 is 0.641 bits per heavy atom. The zero-order valence-electron chi connectivity index (χ0n) is 42.3. The van der Waals surface area contributed by atoms with Crippen LogP contribution in [0.4, 0.5) is 16.2 Å². The number of rotatable bonds is 28. The first kappa shape index (κ1) is 57.8. The molecule has 2 heterocycles. The standard InChI is InChI=1S/C50H56N12O16/c1-27(2)43(57-38(64)25-54-37(63)12-13-40(66)67)45(69)56-36(11-5-15-53-50(51)74)44(68)55-26-39(65)58(19-20-60-47(71)33-10-4-8-29-22-31(62(77)78)24-35(42(29)33)49(60)73)17-6-14-52-16-18-59-46(70)32-9-3-7-28-21-30(61(75)76)23-34(41(28)32)48(59)72/h3-4,7-10,21-24,27,36,43,52H,5-6,11-20,25-26H2,1-2H3,(H,54,63)(H,55,68)(H,56,69)(H,57,64)(H,66,67)(H3,51,53,74)/t36-,43?/m0/s1. The van der Waals surface area contributed by atoms with Crippen LogP contribution in [0, 0.1) is 26.1 Å². The molecule has 0 saturated carbocycles. The molecule has 0 saturated heterocycles. The van der Waals surface area contributed by atoms with Crippen LogP contribution in [0.25, 0.3) is 21.5 Å². The Hall–Kier alpha value is -9.47. The predicted octanol–water partition coefficient (Wildman–Crippen LogP) is 0.681. The number of nitrogens with one attached hydrogen (secondary N) is 6. The minimum absolute atomic E-state index is 0.00566. The molecule has 78 heavy (non-hydrogen) atoms. The molecule has 2 atom stereocenters. The van der Waals surface area contributed by atoms with Crippen molar-refractivity contribution in [2.75, 3.05) is 58.9 Å². The lowest BCUT2D eigenvalue weighted by atomic mass is 9.93. The van der Waals surface area contributed by atoms with E-state index in [0.29, 0.717) is 10.8 Å². The molecule has 0 fully saturated rings. The molecule has 2 aliphatic rings. The summed E-state index contributed by atoms with van der Waals surface area (Å²) in [6, 6.07) is 10.3. The van der Waals surface area contributed by atoms with E-state index in [-0.39, 0.29) is 97.2 Å². The van der Waals surface area contributed by atoms with E-state index >= 15 is 0 Å². The van der Waals surface area contributed by atoms with Crippen LogP contribution in [0.1, 0.15) is 87.4 Å². The summed E-state index contributed by atoms with van der Waals surface area (Å²) in [7, 11) is 0. The van der Waals surface area contributed by atoms with Crippen molar-refractivity contribution in [2.45, 2.75) is 58.0 Å². The molecule has 0 aromatic heterocycles. The third-order valence-corrected chi connectivity index (χ3v) is 12.8. The summed E-state index contributed by atoms with van der Waals surface area (Å²) in [5, 5.41) is 48.7. The number of amides is 11. The highest BCUT2D eigenvalue weighted by atomic mass is 16.6. The number of nitrogens with two attached hydrogens (primary N) is 1. The Balaban J connectivity index is 1.14. The topological polar surface area (TPSA) is 402 Å². The van der Waals surface area contributed by atoms with Gasteiger partial charge in [-0.2, -0.15) is 0 Å². The van der Waals surface area contributed by atoms with Gasteiger partial charge in [-0.25, -0.2) is 4.79 Å². The maximum Gasteiger partial charge on any atom is 0.312 e. The minimum Gasteiger partial charge on any atom is -0.481 e. The largest absolute Gasteiger partial charge is 0.481 e. The van der Waals surface area contributed by atoms with E-state index in [1.165, 1.54) is 41.3 Å². The lowest BCUT2D eigenvalue weighted by Gasteiger charge is -2.30. The highest BCUT2D eigenvalue weighted by Crippen LogP contribution is 2.35. The molecular weight excluding hydrogens is 1020 g/mol. The quantitative estimate of drug-likeness (QED) is 0.0168. The lowest BCUT2D eigenvalue weighted by Crippen LogP contribution is -2.57. The molecule has 4 aromatic rings. The second-order valence-electron chi connectivity index (χ2n) is 18.5. The minimum atomic E-state index is -1.38. The van der Waals surface area contributed by atoms with Crippen LogP contribution in [0.15, 0.2) is 60.7 Å². The highest BCUT2D eigenvalue weighted by molar-refractivity contribution is 6.27. The molecule has 28 nitrogen and oxygen atoms in total. The van der Waals surface area contributed by atoms with Gasteiger partial charge >= 0.3 is 12.0 Å². The summed E-state index contributed by atoms with van der Waals surface area (Å²) in [5.41, 5.74) is 4.64. The van der Waals surface area contributed by atoms with Crippen molar-refractivity contribution in [1.29, 1.82) is 0 Å². The number of imide groups is 2. The number of aliphatic carboxylic acids is 1. The number of hydrogen-bond acceptors (Lipinski definition) is 16. The summed E-state index contributed by atoms with van der Waals surface area (Å²) in [6.45, 7) is 1.11. The molecule has 0 spiro atoms. The van der Waals surface area contributed by atoms with Crippen LogP contribution < -0.4 is 37.6 Å². The van der Waals surface area contributed by atoms with E-state index in [9.17, 15) is 73.0 Å². The van der Waals surface area contributed by atoms with Gasteiger partial charge < -0.3 is 47.6 Å². The van der Waals surface area contributed by atoms with Gasteiger partial charge in [0.05, 0.1) is 40.5 Å². The van der Waals surface area contributed by atoms with Crippen molar-refractivity contribution in [3.05, 3.63) is 103 Å². The summed E-state index contributed by atoms with van der Waals surface area (Å²) in [4.78, 5) is 169. The van der Waals surface area contributed by atoms with Gasteiger partial charge in [0.2, 0.25) is 29.5 Å². The van der Waals surface area contributed by atoms with Gasteiger partial charge in [0.15, 0.2) is 0 Å². The summed E-state index contributed by atoms with van der Waals surface area (Å²) >= 11 is 0. The van der Waals surface area contributed by atoms with Crippen molar-refractivity contribution in [2.24, 2.45) is 11.7 Å².